The second-order valence-corrected chi connectivity index (χ2v) is 5.95. The summed E-state index contributed by atoms with van der Waals surface area (Å²) < 4.78 is 0. The van der Waals surface area contributed by atoms with Gasteiger partial charge < -0.3 is 4.84 Å². The van der Waals surface area contributed by atoms with E-state index in [9.17, 15) is 0 Å². The Hall–Kier alpha value is -2.42. The van der Waals surface area contributed by atoms with Crippen molar-refractivity contribution >= 4 is 0 Å². The maximum absolute atomic E-state index is 5.91. The zero-order valence-electron chi connectivity index (χ0n) is 14.6. The average Bonchev–Trinajstić information content (AvgIpc) is 2.70. The third kappa shape index (κ3) is 3.23. The summed E-state index contributed by atoms with van der Waals surface area (Å²) in [7, 11) is 1.74. The van der Waals surface area contributed by atoms with E-state index in [1.807, 2.05) is 23.3 Å². The van der Waals surface area contributed by atoms with Gasteiger partial charge in [0.05, 0.1) is 7.11 Å². The Morgan fingerprint density at radius 1 is 0.720 bits per heavy atom. The average molecular weight is 330 g/mol. The van der Waals surface area contributed by atoms with Gasteiger partial charge in [-0.3, -0.25) is 0 Å². The first kappa shape index (κ1) is 17.4. The molecule has 25 heavy (non-hydrogen) atoms. The van der Waals surface area contributed by atoms with Crippen LogP contribution in [0.15, 0.2) is 91.0 Å². The summed E-state index contributed by atoms with van der Waals surface area (Å²) >= 11 is 0. The van der Waals surface area contributed by atoms with Crippen molar-refractivity contribution in [3.05, 3.63) is 115 Å². The summed E-state index contributed by atoms with van der Waals surface area (Å²) in [5.41, 5.74) is 2.98. The van der Waals surface area contributed by atoms with Crippen molar-refractivity contribution < 1.29 is 4.84 Å². The van der Waals surface area contributed by atoms with Crippen LogP contribution in [0.4, 0.5) is 0 Å². The zero-order chi connectivity index (χ0) is 17.5. The van der Waals surface area contributed by atoms with Gasteiger partial charge >= 0.3 is 0 Å². The summed E-state index contributed by atoms with van der Waals surface area (Å²) in [4.78, 5) is 5.91. The summed E-state index contributed by atoms with van der Waals surface area (Å²) in [5, 5.41) is 2.04. The Morgan fingerprint density at radius 2 is 1.08 bits per heavy atom. The number of nitrogens with zero attached hydrogens (tertiary/aromatic N) is 1. The summed E-state index contributed by atoms with van der Waals surface area (Å²) in [6.45, 7) is 4.76. The van der Waals surface area contributed by atoms with E-state index in [2.05, 4.69) is 79.7 Å². The van der Waals surface area contributed by atoms with Gasteiger partial charge in [-0.15, -0.1) is 0 Å². The monoisotopic (exact) mass is 330 g/mol. The van der Waals surface area contributed by atoms with Crippen LogP contribution >= 0.6 is 0 Å². The molecule has 0 atom stereocenters. The molecule has 0 fully saturated rings. The molecule has 1 radical (unpaired) electrons. The van der Waals surface area contributed by atoms with E-state index >= 15 is 0 Å². The predicted octanol–water partition coefficient (Wildman–Crippen LogP) is 5.07. The van der Waals surface area contributed by atoms with E-state index in [1.165, 1.54) is 16.7 Å². The first-order valence-corrected chi connectivity index (χ1v) is 8.61. The fourth-order valence-corrected chi connectivity index (χ4v) is 3.51. The molecule has 0 N–H and O–H groups in total. The highest BCUT2D eigenvalue weighted by Crippen LogP contribution is 2.42. The molecule has 0 heterocycles. The van der Waals surface area contributed by atoms with Crippen LogP contribution in [0.2, 0.25) is 0 Å². The second kappa shape index (κ2) is 8.11. The van der Waals surface area contributed by atoms with Crippen molar-refractivity contribution in [1.29, 1.82) is 0 Å². The molecule has 127 valence electrons. The molecule has 0 saturated heterocycles. The smallest absolute Gasteiger partial charge is 0.121 e. The maximum atomic E-state index is 5.91. The molecule has 3 rings (SSSR count). The predicted molar refractivity (Wildman–Crippen MR) is 103 cm³/mol. The molecule has 0 amide bonds. The lowest BCUT2D eigenvalue weighted by molar-refractivity contribution is -0.180. The third-order valence-corrected chi connectivity index (χ3v) is 4.53. The van der Waals surface area contributed by atoms with Gasteiger partial charge in [-0.25, -0.2) is 0 Å². The van der Waals surface area contributed by atoms with Crippen LogP contribution in [0.3, 0.4) is 0 Å². The minimum absolute atomic E-state index is 0.532. The minimum atomic E-state index is -0.532. The van der Waals surface area contributed by atoms with Gasteiger partial charge in [-0.05, 0) is 23.1 Å². The second-order valence-electron chi connectivity index (χ2n) is 5.95. The Kier molecular flexibility index (Phi) is 5.64. The minimum Gasteiger partial charge on any atom is -0.301 e. The van der Waals surface area contributed by atoms with E-state index < -0.39 is 5.54 Å². The van der Waals surface area contributed by atoms with Crippen LogP contribution in [0.5, 0.6) is 0 Å². The molecule has 0 aromatic heterocycles. The quantitative estimate of drug-likeness (QED) is 0.443. The highest BCUT2D eigenvalue weighted by Gasteiger charge is 2.42. The summed E-state index contributed by atoms with van der Waals surface area (Å²) in [6, 6.07) is 31.6. The fourth-order valence-electron chi connectivity index (χ4n) is 3.51. The largest absolute Gasteiger partial charge is 0.301 e. The van der Waals surface area contributed by atoms with Gasteiger partial charge in [0.15, 0.2) is 0 Å². The highest BCUT2D eigenvalue weighted by molar-refractivity contribution is 5.49. The number of hydrogen-bond donors (Lipinski definition) is 0. The van der Waals surface area contributed by atoms with E-state index in [-0.39, 0.29) is 0 Å². The summed E-state index contributed by atoms with van der Waals surface area (Å²) in [6.07, 6.45) is 0.752. The van der Waals surface area contributed by atoms with Crippen molar-refractivity contribution in [2.24, 2.45) is 0 Å². The van der Waals surface area contributed by atoms with Crippen molar-refractivity contribution in [3.8, 4) is 0 Å². The van der Waals surface area contributed by atoms with Crippen molar-refractivity contribution in [3.63, 3.8) is 0 Å². The van der Waals surface area contributed by atoms with Crippen molar-refractivity contribution in [2.75, 3.05) is 13.7 Å². The van der Waals surface area contributed by atoms with Crippen LogP contribution in [0, 0.1) is 6.92 Å². The molecule has 3 aromatic carbocycles. The number of rotatable bonds is 7. The van der Waals surface area contributed by atoms with Gasteiger partial charge in [0.25, 0.3) is 0 Å². The molecule has 0 spiro atoms. The van der Waals surface area contributed by atoms with Gasteiger partial charge in [0.1, 0.15) is 5.54 Å². The van der Waals surface area contributed by atoms with E-state index in [0.717, 1.165) is 13.0 Å². The van der Waals surface area contributed by atoms with E-state index in [1.54, 1.807) is 7.11 Å². The van der Waals surface area contributed by atoms with Crippen LogP contribution in [0.1, 0.15) is 23.1 Å². The topological polar surface area (TPSA) is 12.5 Å². The molecule has 0 aliphatic heterocycles. The lowest BCUT2D eigenvalue weighted by atomic mass is 9.76. The molecule has 0 aliphatic rings. The molecular weight excluding hydrogens is 306 g/mol. The van der Waals surface area contributed by atoms with E-state index in [0.29, 0.717) is 0 Å². The van der Waals surface area contributed by atoms with Crippen molar-refractivity contribution in [1.82, 2.24) is 5.06 Å². The Morgan fingerprint density at radius 3 is 1.36 bits per heavy atom. The molecule has 0 saturated carbocycles. The van der Waals surface area contributed by atoms with Crippen LogP contribution in [-0.2, 0) is 10.4 Å². The standard InChI is InChI=1S/C23H24NO/c1-3-19-24(25-2)23(20-13-7-4-8-14-20,21-15-9-5-10-16-21)22-17-11-6-12-18-22/h4-18H,1,3,19H2,2H3. The maximum Gasteiger partial charge on any atom is 0.121 e. The molecule has 3 aromatic rings. The molecule has 0 unspecified atom stereocenters. The zero-order valence-corrected chi connectivity index (χ0v) is 14.6. The first-order valence-electron chi connectivity index (χ1n) is 8.61. The number of hydrogen-bond acceptors (Lipinski definition) is 2. The van der Waals surface area contributed by atoms with Gasteiger partial charge in [0.2, 0.25) is 0 Å². The molecule has 0 aliphatic carbocycles. The lowest BCUT2D eigenvalue weighted by Gasteiger charge is -2.43. The number of benzene rings is 3. The SMILES string of the molecule is [CH2]CCN(OC)C(c1ccccc1)(c1ccccc1)c1ccccc1. The normalized spacial score (nSPS) is 11.6. The molecule has 2 heteroatoms. The first-order chi connectivity index (χ1) is 12.3. The van der Waals surface area contributed by atoms with Crippen LogP contribution < -0.4 is 0 Å². The fraction of sp³-hybridized carbons (Fsp3) is 0.174. The van der Waals surface area contributed by atoms with Crippen molar-refractivity contribution in [2.45, 2.75) is 12.0 Å². The third-order valence-electron chi connectivity index (χ3n) is 4.53. The van der Waals surface area contributed by atoms with Gasteiger partial charge in [-0.1, -0.05) is 97.9 Å². The van der Waals surface area contributed by atoms with Crippen LogP contribution in [0.25, 0.3) is 0 Å². The van der Waals surface area contributed by atoms with Gasteiger partial charge in [-0.2, -0.15) is 5.06 Å². The number of hydroxylamine groups is 2. The Labute approximate surface area is 150 Å². The Bertz CT molecular complexity index is 659. The summed E-state index contributed by atoms with van der Waals surface area (Å²) in [5.74, 6) is 0. The van der Waals surface area contributed by atoms with E-state index in [4.69, 9.17) is 4.84 Å². The Balaban J connectivity index is 2.35. The lowest BCUT2D eigenvalue weighted by Crippen LogP contribution is -2.48. The van der Waals surface area contributed by atoms with Gasteiger partial charge in [0, 0.05) is 6.54 Å². The molecular formula is C23H24NO. The van der Waals surface area contributed by atoms with Crippen LogP contribution in [-0.4, -0.2) is 18.7 Å². The molecule has 0 bridgehead atoms. The highest BCUT2D eigenvalue weighted by atomic mass is 16.7. The molecule has 2 nitrogen and oxygen atoms in total.